The Morgan fingerprint density at radius 2 is 2.19 bits per heavy atom. The molecule has 1 aliphatic rings. The van der Waals surface area contributed by atoms with Gasteiger partial charge in [0.2, 0.25) is 0 Å². The van der Waals surface area contributed by atoms with Crippen LogP contribution in [0, 0.1) is 6.92 Å². The fourth-order valence-corrected chi connectivity index (χ4v) is 3.57. The second-order valence-corrected chi connectivity index (χ2v) is 7.90. The molecule has 1 aliphatic heterocycles. The van der Waals surface area contributed by atoms with Crippen molar-refractivity contribution in [3.05, 3.63) is 95.8 Å². The van der Waals surface area contributed by atoms with Crippen LogP contribution in [-0.2, 0) is 6.42 Å². The highest BCUT2D eigenvalue weighted by Crippen LogP contribution is 2.14. The van der Waals surface area contributed by atoms with E-state index in [2.05, 4.69) is 38.9 Å². The Balaban J connectivity index is 1.78. The first-order chi connectivity index (χ1) is 15.0. The standard InChI is InChI=1S/C25H31N5O/c1-3-23(29-25(31)24-8-4-5-13-27-24)15-21(17-30-14-6-7-22(26)18-30)12-11-20-10-9-19(2)28-16-20/h3-5,8-10,12-13,15-16,22H,1,6-7,11,14,17-18,26H2,2H3,(H,29,31)/b21-12+,23-15+. The number of aromatic nitrogens is 2. The summed E-state index contributed by atoms with van der Waals surface area (Å²) in [5.41, 5.74) is 10.4. The third kappa shape index (κ3) is 7.27. The maximum Gasteiger partial charge on any atom is 0.274 e. The summed E-state index contributed by atoms with van der Waals surface area (Å²) >= 11 is 0. The number of carbonyl (C=O) groups is 1. The van der Waals surface area contributed by atoms with Gasteiger partial charge in [-0.15, -0.1) is 0 Å². The lowest BCUT2D eigenvalue weighted by molar-refractivity contribution is 0.0962. The number of piperidine rings is 1. The molecule has 31 heavy (non-hydrogen) atoms. The Hall–Kier alpha value is -3.09. The summed E-state index contributed by atoms with van der Waals surface area (Å²) in [4.78, 5) is 23.4. The number of likely N-dealkylation sites (tertiary alicyclic amines) is 1. The molecule has 162 valence electrons. The van der Waals surface area contributed by atoms with Crippen LogP contribution in [0.15, 0.2) is 78.8 Å². The minimum Gasteiger partial charge on any atom is -0.327 e. The monoisotopic (exact) mass is 417 g/mol. The SMILES string of the molecule is C=C/C(=C\C(=C/Cc1ccc(C)nc1)CN1CCCC(N)C1)NC(=O)c1ccccn1. The molecule has 2 aromatic rings. The zero-order valence-electron chi connectivity index (χ0n) is 18.1. The molecule has 1 amide bonds. The number of pyridine rings is 2. The van der Waals surface area contributed by atoms with Gasteiger partial charge in [0.05, 0.1) is 0 Å². The maximum absolute atomic E-state index is 12.5. The molecule has 0 bridgehead atoms. The molecule has 2 aromatic heterocycles. The van der Waals surface area contributed by atoms with Gasteiger partial charge in [0.15, 0.2) is 0 Å². The van der Waals surface area contributed by atoms with Gasteiger partial charge < -0.3 is 11.1 Å². The van der Waals surface area contributed by atoms with Crippen molar-refractivity contribution in [2.45, 2.75) is 32.2 Å². The van der Waals surface area contributed by atoms with Crippen molar-refractivity contribution in [3.63, 3.8) is 0 Å². The third-order valence-electron chi connectivity index (χ3n) is 5.24. The van der Waals surface area contributed by atoms with Crippen LogP contribution in [0.25, 0.3) is 0 Å². The molecule has 1 atom stereocenters. The van der Waals surface area contributed by atoms with E-state index >= 15 is 0 Å². The van der Waals surface area contributed by atoms with Gasteiger partial charge in [0.1, 0.15) is 5.69 Å². The molecular formula is C25H31N5O. The summed E-state index contributed by atoms with van der Waals surface area (Å²) in [7, 11) is 0. The number of nitrogens with two attached hydrogens (primary N) is 1. The summed E-state index contributed by atoms with van der Waals surface area (Å²) in [6, 6.07) is 9.58. The fourth-order valence-electron chi connectivity index (χ4n) is 3.57. The zero-order valence-corrected chi connectivity index (χ0v) is 18.1. The van der Waals surface area contributed by atoms with E-state index in [4.69, 9.17) is 5.73 Å². The quantitative estimate of drug-likeness (QED) is 0.645. The molecule has 6 nitrogen and oxygen atoms in total. The lowest BCUT2D eigenvalue weighted by Crippen LogP contribution is -2.43. The van der Waals surface area contributed by atoms with Crippen molar-refractivity contribution in [3.8, 4) is 0 Å². The van der Waals surface area contributed by atoms with E-state index in [0.29, 0.717) is 11.4 Å². The molecule has 3 rings (SSSR count). The Morgan fingerprint density at radius 3 is 2.87 bits per heavy atom. The highest BCUT2D eigenvalue weighted by atomic mass is 16.1. The first kappa shape index (κ1) is 22.6. The van der Waals surface area contributed by atoms with Gasteiger partial charge >= 0.3 is 0 Å². The van der Waals surface area contributed by atoms with Crippen LogP contribution >= 0.6 is 0 Å². The van der Waals surface area contributed by atoms with E-state index in [1.807, 2.05) is 25.3 Å². The number of rotatable bonds is 8. The predicted octanol–water partition coefficient (Wildman–Crippen LogP) is 3.18. The summed E-state index contributed by atoms with van der Waals surface area (Å²) in [5, 5.41) is 2.91. The van der Waals surface area contributed by atoms with Crippen LogP contribution in [0.1, 0.15) is 34.6 Å². The van der Waals surface area contributed by atoms with Crippen molar-refractivity contribution < 1.29 is 4.79 Å². The van der Waals surface area contributed by atoms with E-state index in [0.717, 1.165) is 55.7 Å². The average molecular weight is 418 g/mol. The van der Waals surface area contributed by atoms with E-state index in [1.165, 1.54) is 0 Å². The van der Waals surface area contributed by atoms with E-state index in [9.17, 15) is 4.79 Å². The van der Waals surface area contributed by atoms with Crippen molar-refractivity contribution >= 4 is 5.91 Å². The zero-order chi connectivity index (χ0) is 22.1. The van der Waals surface area contributed by atoms with Gasteiger partial charge in [-0.25, -0.2) is 0 Å². The first-order valence-electron chi connectivity index (χ1n) is 10.7. The Labute approximate surface area is 184 Å². The van der Waals surface area contributed by atoms with Gasteiger partial charge in [-0.2, -0.15) is 0 Å². The molecule has 1 saturated heterocycles. The third-order valence-corrected chi connectivity index (χ3v) is 5.24. The molecular weight excluding hydrogens is 386 g/mol. The second kappa shape index (κ2) is 11.3. The van der Waals surface area contributed by atoms with E-state index in [1.54, 1.807) is 30.5 Å². The molecule has 0 aliphatic carbocycles. The molecule has 3 heterocycles. The van der Waals surface area contributed by atoms with Crippen LogP contribution in [0.2, 0.25) is 0 Å². The van der Waals surface area contributed by atoms with Gasteiger partial charge in [-0.05, 0) is 74.2 Å². The summed E-state index contributed by atoms with van der Waals surface area (Å²) in [6.07, 6.45) is 12.3. The van der Waals surface area contributed by atoms with Crippen LogP contribution in [-0.4, -0.2) is 46.5 Å². The Bertz CT molecular complexity index is 934. The van der Waals surface area contributed by atoms with E-state index < -0.39 is 0 Å². The smallest absolute Gasteiger partial charge is 0.274 e. The fraction of sp³-hybridized carbons (Fsp3) is 0.320. The molecule has 0 aromatic carbocycles. The maximum atomic E-state index is 12.5. The van der Waals surface area contributed by atoms with Gasteiger partial charge in [0, 0.05) is 42.9 Å². The lowest BCUT2D eigenvalue weighted by atomic mass is 10.0. The summed E-state index contributed by atoms with van der Waals surface area (Å²) in [6.45, 7) is 8.52. The number of hydrogen-bond acceptors (Lipinski definition) is 5. The van der Waals surface area contributed by atoms with Gasteiger partial charge in [0.25, 0.3) is 5.91 Å². The molecule has 0 saturated carbocycles. The van der Waals surface area contributed by atoms with Crippen molar-refractivity contribution in [1.29, 1.82) is 0 Å². The van der Waals surface area contributed by atoms with Crippen molar-refractivity contribution in [2.75, 3.05) is 19.6 Å². The van der Waals surface area contributed by atoms with Crippen LogP contribution in [0.3, 0.4) is 0 Å². The minimum absolute atomic E-state index is 0.211. The summed E-state index contributed by atoms with van der Waals surface area (Å²) < 4.78 is 0. The highest BCUT2D eigenvalue weighted by Gasteiger charge is 2.17. The molecule has 0 spiro atoms. The van der Waals surface area contributed by atoms with Gasteiger partial charge in [-0.1, -0.05) is 24.8 Å². The van der Waals surface area contributed by atoms with Crippen LogP contribution in [0.4, 0.5) is 0 Å². The predicted molar refractivity (Wildman–Crippen MR) is 124 cm³/mol. The average Bonchev–Trinajstić information content (AvgIpc) is 2.78. The van der Waals surface area contributed by atoms with Gasteiger partial charge in [-0.3, -0.25) is 19.7 Å². The number of amides is 1. The van der Waals surface area contributed by atoms with Crippen LogP contribution < -0.4 is 11.1 Å². The number of allylic oxidation sites excluding steroid dienone is 2. The number of aryl methyl sites for hydroxylation is 1. The topological polar surface area (TPSA) is 84.1 Å². The van der Waals surface area contributed by atoms with E-state index in [-0.39, 0.29) is 11.9 Å². The van der Waals surface area contributed by atoms with Crippen LogP contribution in [0.5, 0.6) is 0 Å². The molecule has 1 unspecified atom stereocenters. The Morgan fingerprint density at radius 1 is 1.32 bits per heavy atom. The molecule has 0 radical (unpaired) electrons. The largest absolute Gasteiger partial charge is 0.327 e. The minimum atomic E-state index is -0.256. The number of nitrogens with one attached hydrogen (secondary N) is 1. The lowest BCUT2D eigenvalue weighted by Gasteiger charge is -2.31. The molecule has 6 heteroatoms. The Kier molecular flexibility index (Phi) is 8.27. The van der Waals surface area contributed by atoms with Crippen molar-refractivity contribution in [1.82, 2.24) is 20.2 Å². The highest BCUT2D eigenvalue weighted by molar-refractivity contribution is 5.93. The molecule has 1 fully saturated rings. The second-order valence-electron chi connectivity index (χ2n) is 7.90. The number of carbonyl (C=O) groups excluding carboxylic acids is 1. The summed E-state index contributed by atoms with van der Waals surface area (Å²) in [5.74, 6) is -0.256. The number of nitrogens with zero attached hydrogens (tertiary/aromatic N) is 3. The molecule has 3 N–H and O–H groups in total. The number of hydrogen-bond donors (Lipinski definition) is 2. The van der Waals surface area contributed by atoms with Crippen molar-refractivity contribution in [2.24, 2.45) is 5.73 Å². The normalized spacial score (nSPS) is 17.9. The first-order valence-corrected chi connectivity index (χ1v) is 10.7.